The lowest BCUT2D eigenvalue weighted by molar-refractivity contribution is -0.143. The van der Waals surface area contributed by atoms with E-state index in [0.717, 1.165) is 6.42 Å². The molecule has 1 aliphatic heterocycles. The summed E-state index contributed by atoms with van der Waals surface area (Å²) in [6.07, 6.45) is -2.51. The van der Waals surface area contributed by atoms with Crippen LogP contribution in [0.3, 0.4) is 0 Å². The molecule has 0 saturated carbocycles. The van der Waals surface area contributed by atoms with Gasteiger partial charge in [-0.2, -0.15) is 13.2 Å². The van der Waals surface area contributed by atoms with E-state index in [-0.39, 0.29) is 6.04 Å². The summed E-state index contributed by atoms with van der Waals surface area (Å²) < 4.78 is 37.5. The van der Waals surface area contributed by atoms with Gasteiger partial charge in [-0.3, -0.25) is 4.90 Å². The maximum absolute atomic E-state index is 12.5. The van der Waals surface area contributed by atoms with Gasteiger partial charge in [-0.1, -0.05) is 31.2 Å². The summed E-state index contributed by atoms with van der Waals surface area (Å²) in [6, 6.07) is 8.16. The lowest BCUT2D eigenvalue weighted by Crippen LogP contribution is -2.45. The van der Waals surface area contributed by atoms with E-state index in [0.29, 0.717) is 38.6 Å². The van der Waals surface area contributed by atoms with Crippen molar-refractivity contribution in [3.63, 3.8) is 0 Å². The van der Waals surface area contributed by atoms with E-state index >= 15 is 0 Å². The maximum atomic E-state index is 12.5. The van der Waals surface area contributed by atoms with E-state index in [2.05, 4.69) is 34.7 Å². The number of rotatable bonds is 6. The highest BCUT2D eigenvalue weighted by Crippen LogP contribution is 2.20. The number of hydrogen-bond acceptors (Lipinski definition) is 2. The number of hydrogen-bond donors (Lipinski definition) is 2. The minimum absolute atomic E-state index is 0.0124. The molecule has 0 spiro atoms. The standard InChI is InChI=1S/C18H27F3N4/c1-3-14-7-5-6-8-15(14)11-23-17(22-4-2)24-16-9-10-25(12-16)13-18(19,20)21/h5-8,16H,3-4,9-13H2,1-2H3,(H2,22,23,24). The zero-order valence-corrected chi connectivity index (χ0v) is 14.9. The van der Waals surface area contributed by atoms with Gasteiger partial charge in [0.2, 0.25) is 0 Å². The van der Waals surface area contributed by atoms with Gasteiger partial charge in [-0.05, 0) is 30.9 Å². The second-order valence-electron chi connectivity index (χ2n) is 6.30. The monoisotopic (exact) mass is 356 g/mol. The first-order valence-corrected chi connectivity index (χ1v) is 8.82. The fourth-order valence-corrected chi connectivity index (χ4v) is 3.08. The summed E-state index contributed by atoms with van der Waals surface area (Å²) in [5, 5.41) is 6.45. The Balaban J connectivity index is 1.94. The molecule has 1 fully saturated rings. The van der Waals surface area contributed by atoms with Gasteiger partial charge >= 0.3 is 6.18 Å². The molecule has 25 heavy (non-hydrogen) atoms. The van der Waals surface area contributed by atoms with Crippen molar-refractivity contribution in [2.45, 2.75) is 45.5 Å². The van der Waals surface area contributed by atoms with Crippen LogP contribution in [-0.4, -0.2) is 49.3 Å². The van der Waals surface area contributed by atoms with Gasteiger partial charge in [0.15, 0.2) is 5.96 Å². The molecule has 140 valence electrons. The van der Waals surface area contributed by atoms with Crippen LogP contribution in [0.1, 0.15) is 31.4 Å². The second-order valence-corrected chi connectivity index (χ2v) is 6.30. The number of likely N-dealkylation sites (tertiary alicyclic amines) is 1. The predicted octanol–water partition coefficient (Wildman–Crippen LogP) is 2.94. The molecule has 0 bridgehead atoms. The zero-order valence-electron chi connectivity index (χ0n) is 14.9. The van der Waals surface area contributed by atoms with Crippen molar-refractivity contribution in [3.8, 4) is 0 Å². The molecule has 2 N–H and O–H groups in total. The Hall–Kier alpha value is -1.76. The van der Waals surface area contributed by atoms with Crippen LogP contribution < -0.4 is 10.6 Å². The van der Waals surface area contributed by atoms with Crippen LogP contribution in [-0.2, 0) is 13.0 Å². The van der Waals surface area contributed by atoms with Crippen LogP contribution in [0.15, 0.2) is 29.3 Å². The van der Waals surface area contributed by atoms with Gasteiger partial charge in [0, 0.05) is 25.7 Å². The molecule has 0 amide bonds. The number of guanidine groups is 1. The smallest absolute Gasteiger partial charge is 0.357 e. The molecule has 1 aromatic rings. The topological polar surface area (TPSA) is 39.7 Å². The van der Waals surface area contributed by atoms with Crippen molar-refractivity contribution in [3.05, 3.63) is 35.4 Å². The van der Waals surface area contributed by atoms with Crippen LogP contribution in [0, 0.1) is 0 Å². The third-order valence-corrected chi connectivity index (χ3v) is 4.27. The van der Waals surface area contributed by atoms with Crippen LogP contribution in [0.25, 0.3) is 0 Å². The van der Waals surface area contributed by atoms with Crippen LogP contribution >= 0.6 is 0 Å². The molecule has 0 radical (unpaired) electrons. The highest BCUT2D eigenvalue weighted by atomic mass is 19.4. The Morgan fingerprint density at radius 3 is 2.60 bits per heavy atom. The van der Waals surface area contributed by atoms with Gasteiger partial charge < -0.3 is 10.6 Å². The summed E-state index contributed by atoms with van der Waals surface area (Å²) >= 11 is 0. The van der Waals surface area contributed by atoms with E-state index in [1.807, 2.05) is 19.1 Å². The fraction of sp³-hybridized carbons (Fsp3) is 0.611. The molecule has 1 aliphatic rings. The van der Waals surface area contributed by atoms with Crippen LogP contribution in [0.4, 0.5) is 13.2 Å². The first-order chi connectivity index (χ1) is 11.9. The molecule has 0 aromatic heterocycles. The number of nitrogens with one attached hydrogen (secondary N) is 2. The highest BCUT2D eigenvalue weighted by Gasteiger charge is 2.34. The molecule has 1 aromatic carbocycles. The van der Waals surface area contributed by atoms with Crippen molar-refractivity contribution in [1.82, 2.24) is 15.5 Å². The molecule has 1 saturated heterocycles. The van der Waals surface area contributed by atoms with Crippen LogP contribution in [0.2, 0.25) is 0 Å². The normalized spacial score (nSPS) is 19.2. The predicted molar refractivity (Wildman–Crippen MR) is 94.7 cm³/mol. The minimum atomic E-state index is -4.14. The summed E-state index contributed by atoms with van der Waals surface area (Å²) in [4.78, 5) is 6.05. The lowest BCUT2D eigenvalue weighted by atomic mass is 10.1. The Labute approximate surface area is 147 Å². The molecule has 0 aliphatic carbocycles. The van der Waals surface area contributed by atoms with E-state index in [9.17, 15) is 13.2 Å². The Morgan fingerprint density at radius 2 is 1.96 bits per heavy atom. The van der Waals surface area contributed by atoms with E-state index in [1.54, 1.807) is 0 Å². The quantitative estimate of drug-likeness (QED) is 0.608. The molecule has 1 unspecified atom stereocenters. The SMILES string of the molecule is CCNC(=NCc1ccccc1CC)NC1CCN(CC(F)(F)F)C1. The zero-order chi connectivity index (χ0) is 18.3. The maximum Gasteiger partial charge on any atom is 0.401 e. The number of nitrogens with zero attached hydrogens (tertiary/aromatic N) is 2. The molecular weight excluding hydrogens is 329 g/mol. The first-order valence-electron chi connectivity index (χ1n) is 8.82. The highest BCUT2D eigenvalue weighted by molar-refractivity contribution is 5.80. The molecular formula is C18H27F3N4. The average Bonchev–Trinajstić information content (AvgIpc) is 2.98. The fourth-order valence-electron chi connectivity index (χ4n) is 3.08. The number of halogens is 3. The average molecular weight is 356 g/mol. The number of aryl methyl sites for hydroxylation is 1. The Morgan fingerprint density at radius 1 is 1.24 bits per heavy atom. The molecule has 2 rings (SSSR count). The lowest BCUT2D eigenvalue weighted by Gasteiger charge is -2.20. The van der Waals surface area contributed by atoms with Gasteiger partial charge in [0.25, 0.3) is 0 Å². The van der Waals surface area contributed by atoms with Crippen molar-refractivity contribution in [2.75, 3.05) is 26.2 Å². The summed E-state index contributed by atoms with van der Waals surface area (Å²) in [5.74, 6) is 0.660. The van der Waals surface area contributed by atoms with E-state index in [1.165, 1.54) is 16.0 Å². The second kappa shape index (κ2) is 9.08. The van der Waals surface area contributed by atoms with Crippen molar-refractivity contribution >= 4 is 5.96 Å². The summed E-state index contributed by atoms with van der Waals surface area (Å²) in [7, 11) is 0. The summed E-state index contributed by atoms with van der Waals surface area (Å²) in [6.45, 7) is 5.34. The Kier molecular flexibility index (Phi) is 7.11. The van der Waals surface area contributed by atoms with Crippen molar-refractivity contribution < 1.29 is 13.2 Å². The first kappa shape index (κ1) is 19.6. The van der Waals surface area contributed by atoms with Gasteiger partial charge in [0.1, 0.15) is 0 Å². The van der Waals surface area contributed by atoms with Gasteiger partial charge in [0.05, 0.1) is 13.1 Å². The van der Waals surface area contributed by atoms with Crippen molar-refractivity contribution in [2.24, 2.45) is 4.99 Å². The minimum Gasteiger partial charge on any atom is -0.357 e. The molecule has 4 nitrogen and oxygen atoms in total. The largest absolute Gasteiger partial charge is 0.401 e. The van der Waals surface area contributed by atoms with Gasteiger partial charge in [-0.25, -0.2) is 4.99 Å². The Bertz CT molecular complexity index is 572. The molecule has 1 atom stereocenters. The third-order valence-electron chi connectivity index (χ3n) is 4.27. The van der Waals surface area contributed by atoms with Crippen molar-refractivity contribution in [1.29, 1.82) is 0 Å². The molecule has 1 heterocycles. The van der Waals surface area contributed by atoms with E-state index < -0.39 is 12.7 Å². The molecule has 7 heteroatoms. The van der Waals surface area contributed by atoms with Gasteiger partial charge in [-0.15, -0.1) is 0 Å². The van der Waals surface area contributed by atoms with E-state index in [4.69, 9.17) is 0 Å². The third kappa shape index (κ3) is 6.57. The number of benzene rings is 1. The summed E-state index contributed by atoms with van der Waals surface area (Å²) in [5.41, 5.74) is 2.44. The number of aliphatic imine (C=N–C) groups is 1. The number of alkyl halides is 3. The van der Waals surface area contributed by atoms with Crippen LogP contribution in [0.5, 0.6) is 0 Å².